The van der Waals surface area contributed by atoms with Gasteiger partial charge in [0.2, 0.25) is 15.9 Å². The lowest BCUT2D eigenvalue weighted by Gasteiger charge is -2.31. The summed E-state index contributed by atoms with van der Waals surface area (Å²) >= 11 is 0. The quantitative estimate of drug-likeness (QED) is 0.463. The van der Waals surface area contributed by atoms with Crippen LogP contribution in [0.5, 0.6) is 0 Å². The van der Waals surface area contributed by atoms with Gasteiger partial charge >= 0.3 is 0 Å². The topological polar surface area (TPSA) is 84.3 Å². The molecular weight excluding hydrogens is 479 g/mol. The third-order valence-corrected chi connectivity index (χ3v) is 8.33. The second-order valence-corrected chi connectivity index (χ2v) is 11.7. The minimum Gasteiger partial charge on any atom is -0.350 e. The number of rotatable bonds is 9. The smallest absolute Gasteiger partial charge is 0.243 e. The van der Waals surface area contributed by atoms with Gasteiger partial charge in [-0.3, -0.25) is 4.79 Å². The van der Waals surface area contributed by atoms with Crippen LogP contribution in [0, 0.1) is 17.7 Å². The second kappa shape index (κ2) is 11.3. The molecule has 0 saturated carbocycles. The highest BCUT2D eigenvalue weighted by Crippen LogP contribution is 2.26. The van der Waals surface area contributed by atoms with Crippen LogP contribution in [-0.2, 0) is 27.8 Å². The lowest BCUT2D eigenvalue weighted by atomic mass is 9.94. The van der Waals surface area contributed by atoms with Crippen molar-refractivity contribution in [2.24, 2.45) is 11.8 Å². The van der Waals surface area contributed by atoms with E-state index in [0.717, 1.165) is 35.6 Å². The molecule has 4 rings (SSSR count). The Kier molecular flexibility index (Phi) is 8.21. The van der Waals surface area contributed by atoms with Gasteiger partial charge in [0.1, 0.15) is 5.82 Å². The molecule has 1 amide bonds. The van der Waals surface area contributed by atoms with Crippen LogP contribution in [0.25, 0.3) is 5.69 Å². The van der Waals surface area contributed by atoms with Crippen molar-refractivity contribution in [3.63, 3.8) is 0 Å². The number of amides is 1. The lowest BCUT2D eigenvalue weighted by molar-refractivity contribution is -0.122. The van der Waals surface area contributed by atoms with Crippen molar-refractivity contribution in [3.8, 4) is 5.69 Å². The number of para-hydroxylation sites is 1. The van der Waals surface area contributed by atoms with Crippen molar-refractivity contribution < 1.29 is 17.6 Å². The molecule has 0 aliphatic carbocycles. The minimum absolute atomic E-state index is 0.0606. The number of sulfonamides is 1. The molecule has 1 saturated heterocycles. The van der Waals surface area contributed by atoms with E-state index in [1.165, 1.54) is 16.4 Å². The highest BCUT2D eigenvalue weighted by atomic mass is 32.2. The van der Waals surface area contributed by atoms with Crippen LogP contribution in [0.3, 0.4) is 0 Å². The van der Waals surface area contributed by atoms with Crippen molar-refractivity contribution in [3.05, 3.63) is 77.9 Å². The third-order valence-electron chi connectivity index (χ3n) is 6.42. The first-order valence-electron chi connectivity index (χ1n) is 12.4. The number of hydrogen-bond acceptors (Lipinski definition) is 4. The molecule has 1 aromatic heterocycles. The standard InChI is InChI=1S/C27H33FN4O3S/c1-20(2)16-25-18-23(30-32(25)24-6-4-3-5-7-24)19-29-27(33)17-21-12-14-31(15-13-21)36(34,35)26-10-8-22(28)9-11-26/h3-11,18,20-21H,12-17,19H2,1-2H3,(H,29,33). The number of carbonyl (C=O) groups is 1. The van der Waals surface area contributed by atoms with Gasteiger partial charge in [0.05, 0.1) is 22.8 Å². The van der Waals surface area contributed by atoms with E-state index in [2.05, 4.69) is 19.2 Å². The molecule has 7 nitrogen and oxygen atoms in total. The van der Waals surface area contributed by atoms with E-state index in [9.17, 15) is 17.6 Å². The first-order valence-corrected chi connectivity index (χ1v) is 13.8. The Morgan fingerprint density at radius 1 is 1.08 bits per heavy atom. The average molecular weight is 513 g/mol. The number of halogens is 1. The fraction of sp³-hybridized carbons (Fsp3) is 0.407. The number of nitrogens with one attached hydrogen (secondary N) is 1. The van der Waals surface area contributed by atoms with Crippen LogP contribution in [0.4, 0.5) is 4.39 Å². The van der Waals surface area contributed by atoms with Crippen molar-refractivity contribution in [1.29, 1.82) is 0 Å². The molecule has 36 heavy (non-hydrogen) atoms. The van der Waals surface area contributed by atoms with Crippen LogP contribution in [-0.4, -0.2) is 41.5 Å². The summed E-state index contributed by atoms with van der Waals surface area (Å²) < 4.78 is 42.1. The summed E-state index contributed by atoms with van der Waals surface area (Å²) in [7, 11) is -3.65. The van der Waals surface area contributed by atoms with Crippen LogP contribution < -0.4 is 5.32 Å². The zero-order valence-electron chi connectivity index (χ0n) is 20.7. The van der Waals surface area contributed by atoms with Gasteiger partial charge in [-0.05, 0) is 73.6 Å². The SMILES string of the molecule is CC(C)Cc1cc(CNC(=O)CC2CCN(S(=O)(=O)c3ccc(F)cc3)CC2)nn1-c1ccccc1. The summed E-state index contributed by atoms with van der Waals surface area (Å²) in [6.45, 7) is 5.37. The first kappa shape index (κ1) is 26.0. The molecule has 1 aliphatic heterocycles. The van der Waals surface area contributed by atoms with Crippen molar-refractivity contribution in [1.82, 2.24) is 19.4 Å². The summed E-state index contributed by atoms with van der Waals surface area (Å²) in [4.78, 5) is 12.7. The highest BCUT2D eigenvalue weighted by molar-refractivity contribution is 7.89. The Morgan fingerprint density at radius 2 is 1.75 bits per heavy atom. The Morgan fingerprint density at radius 3 is 2.39 bits per heavy atom. The van der Waals surface area contributed by atoms with Gasteiger partial charge < -0.3 is 5.32 Å². The van der Waals surface area contributed by atoms with Gasteiger partial charge in [0.25, 0.3) is 0 Å². The van der Waals surface area contributed by atoms with E-state index in [1.54, 1.807) is 0 Å². The molecule has 1 fully saturated rings. The Bertz CT molecular complexity index is 1270. The van der Waals surface area contributed by atoms with Gasteiger partial charge in [-0.25, -0.2) is 17.5 Å². The Hall–Kier alpha value is -3.04. The number of carbonyl (C=O) groups excluding carboxylic acids is 1. The van der Waals surface area contributed by atoms with Gasteiger partial charge in [-0.2, -0.15) is 9.40 Å². The molecule has 1 aliphatic rings. The summed E-state index contributed by atoms with van der Waals surface area (Å²) in [6, 6.07) is 16.9. The number of hydrogen-bond donors (Lipinski definition) is 1. The van der Waals surface area contributed by atoms with Gasteiger partial charge in [0.15, 0.2) is 0 Å². The van der Waals surface area contributed by atoms with Crippen LogP contribution in [0.2, 0.25) is 0 Å². The molecule has 0 spiro atoms. The number of piperidine rings is 1. The molecular formula is C27H33FN4O3S. The molecule has 2 aromatic carbocycles. The molecule has 9 heteroatoms. The van der Waals surface area contributed by atoms with Crippen molar-refractivity contribution in [2.45, 2.75) is 51.0 Å². The van der Waals surface area contributed by atoms with E-state index in [0.29, 0.717) is 44.8 Å². The molecule has 0 radical (unpaired) electrons. The van der Waals surface area contributed by atoms with E-state index in [1.807, 2.05) is 41.1 Å². The van der Waals surface area contributed by atoms with Crippen LogP contribution in [0.15, 0.2) is 65.6 Å². The Labute approximate surface area is 212 Å². The van der Waals surface area contributed by atoms with Gasteiger partial charge in [0, 0.05) is 25.2 Å². The molecule has 2 heterocycles. The summed E-state index contributed by atoms with van der Waals surface area (Å²) in [5.41, 5.74) is 2.91. The number of nitrogens with zero attached hydrogens (tertiary/aromatic N) is 3. The van der Waals surface area contributed by atoms with E-state index in [-0.39, 0.29) is 16.7 Å². The summed E-state index contributed by atoms with van der Waals surface area (Å²) in [5.74, 6) is 0.0588. The van der Waals surface area contributed by atoms with Crippen LogP contribution >= 0.6 is 0 Å². The predicted molar refractivity (Wildman–Crippen MR) is 136 cm³/mol. The fourth-order valence-corrected chi connectivity index (χ4v) is 6.02. The third kappa shape index (κ3) is 6.39. The maximum Gasteiger partial charge on any atom is 0.243 e. The average Bonchev–Trinajstić information content (AvgIpc) is 3.26. The van der Waals surface area contributed by atoms with Crippen molar-refractivity contribution >= 4 is 15.9 Å². The fourth-order valence-electron chi connectivity index (χ4n) is 4.55. The monoisotopic (exact) mass is 512 g/mol. The first-order chi connectivity index (χ1) is 17.2. The van der Waals surface area contributed by atoms with E-state index in [4.69, 9.17) is 5.10 Å². The second-order valence-electron chi connectivity index (χ2n) is 9.75. The summed E-state index contributed by atoms with van der Waals surface area (Å²) in [5, 5.41) is 7.71. The molecule has 0 unspecified atom stereocenters. The molecule has 192 valence electrons. The summed E-state index contributed by atoms with van der Waals surface area (Å²) in [6.07, 6.45) is 2.45. The number of aromatic nitrogens is 2. The van der Waals surface area contributed by atoms with E-state index < -0.39 is 15.8 Å². The normalized spacial score (nSPS) is 15.3. The minimum atomic E-state index is -3.65. The molecule has 1 N–H and O–H groups in total. The Balaban J connectivity index is 1.30. The van der Waals surface area contributed by atoms with Gasteiger partial charge in [-0.15, -0.1) is 0 Å². The molecule has 0 bridgehead atoms. The number of benzene rings is 2. The largest absolute Gasteiger partial charge is 0.350 e. The van der Waals surface area contributed by atoms with Gasteiger partial charge in [-0.1, -0.05) is 32.0 Å². The maximum atomic E-state index is 13.2. The predicted octanol–water partition coefficient (Wildman–Crippen LogP) is 4.32. The molecule has 3 aromatic rings. The zero-order chi connectivity index (χ0) is 25.7. The van der Waals surface area contributed by atoms with Crippen LogP contribution in [0.1, 0.15) is 44.5 Å². The maximum absolute atomic E-state index is 13.2. The lowest BCUT2D eigenvalue weighted by Crippen LogP contribution is -2.39. The zero-order valence-corrected chi connectivity index (χ0v) is 21.5. The molecule has 0 atom stereocenters. The van der Waals surface area contributed by atoms with E-state index >= 15 is 0 Å². The highest BCUT2D eigenvalue weighted by Gasteiger charge is 2.30. The van der Waals surface area contributed by atoms with Crippen molar-refractivity contribution in [2.75, 3.05) is 13.1 Å².